The van der Waals surface area contributed by atoms with Gasteiger partial charge in [0.25, 0.3) is 0 Å². The molecule has 1 aliphatic heterocycles. The van der Waals surface area contributed by atoms with Crippen LogP contribution in [0.15, 0.2) is 0 Å². The summed E-state index contributed by atoms with van der Waals surface area (Å²) in [6.45, 7) is 3.70. The Bertz CT molecular complexity index is 774. The van der Waals surface area contributed by atoms with Gasteiger partial charge in [0.1, 0.15) is 18.1 Å². The van der Waals surface area contributed by atoms with Gasteiger partial charge in [0.2, 0.25) is 23.6 Å². The molecule has 4 amide bonds. The number of carbonyl (C=O) groups excluding carboxylic acids is 4. The standard InChI is InChI=1S/C20H33N5O8/c1-3-10(2)16(19(31)25-8-4-5-13(25)20(32)33)24-18(30)12(9-15(27)28)23-17(29)11(21)6-7-14(22)26/h10-13,16H,3-9,21H2,1-2H3,(H2,22,26)(H,23,29)(H,24,30)(H,27,28)(H,32,33). The van der Waals surface area contributed by atoms with Crippen molar-refractivity contribution in [3.63, 3.8) is 0 Å². The van der Waals surface area contributed by atoms with E-state index in [2.05, 4.69) is 10.6 Å². The number of aliphatic carboxylic acids is 2. The molecule has 1 rings (SSSR count). The number of nitrogens with zero attached hydrogens (tertiary/aromatic N) is 1. The first kappa shape index (κ1) is 27.8. The zero-order valence-electron chi connectivity index (χ0n) is 18.8. The lowest BCUT2D eigenvalue weighted by molar-refractivity contribution is -0.150. The number of rotatable bonds is 13. The van der Waals surface area contributed by atoms with Crippen LogP contribution < -0.4 is 22.1 Å². The summed E-state index contributed by atoms with van der Waals surface area (Å²) >= 11 is 0. The van der Waals surface area contributed by atoms with Crippen molar-refractivity contribution in [3.05, 3.63) is 0 Å². The summed E-state index contributed by atoms with van der Waals surface area (Å²) in [5, 5.41) is 23.3. The number of amides is 4. The summed E-state index contributed by atoms with van der Waals surface area (Å²) in [4.78, 5) is 73.1. The van der Waals surface area contributed by atoms with Gasteiger partial charge in [-0.3, -0.25) is 24.0 Å². The van der Waals surface area contributed by atoms with Crippen LogP contribution in [0.1, 0.15) is 52.4 Å². The number of carboxylic acid groups (broad SMARTS) is 2. The van der Waals surface area contributed by atoms with Gasteiger partial charge in [-0.15, -0.1) is 0 Å². The quantitative estimate of drug-likeness (QED) is 0.177. The largest absolute Gasteiger partial charge is 0.481 e. The number of hydrogen-bond acceptors (Lipinski definition) is 7. The summed E-state index contributed by atoms with van der Waals surface area (Å²) in [6, 6.07) is -4.85. The maximum atomic E-state index is 13.1. The van der Waals surface area contributed by atoms with E-state index >= 15 is 0 Å². The smallest absolute Gasteiger partial charge is 0.326 e. The maximum absolute atomic E-state index is 13.1. The Morgan fingerprint density at radius 3 is 2.24 bits per heavy atom. The van der Waals surface area contributed by atoms with E-state index in [1.807, 2.05) is 0 Å². The van der Waals surface area contributed by atoms with Gasteiger partial charge in [0.05, 0.1) is 12.5 Å². The number of carboxylic acids is 2. The van der Waals surface area contributed by atoms with Crippen LogP contribution in [-0.4, -0.2) is 81.4 Å². The minimum absolute atomic E-state index is 0.0951. The molecule has 5 atom stereocenters. The Balaban J connectivity index is 3.00. The van der Waals surface area contributed by atoms with Crippen LogP contribution in [-0.2, 0) is 28.8 Å². The monoisotopic (exact) mass is 471 g/mol. The van der Waals surface area contributed by atoms with E-state index in [0.29, 0.717) is 19.3 Å². The lowest BCUT2D eigenvalue weighted by atomic mass is 9.96. The number of hydrogen-bond donors (Lipinski definition) is 6. The molecule has 13 nitrogen and oxygen atoms in total. The second kappa shape index (κ2) is 12.7. The first-order valence-corrected chi connectivity index (χ1v) is 10.8. The number of carbonyl (C=O) groups is 6. The number of nitrogens with two attached hydrogens (primary N) is 2. The topological polar surface area (TPSA) is 222 Å². The fourth-order valence-electron chi connectivity index (χ4n) is 3.49. The second-order valence-electron chi connectivity index (χ2n) is 8.17. The van der Waals surface area contributed by atoms with Crippen molar-refractivity contribution in [2.24, 2.45) is 17.4 Å². The van der Waals surface area contributed by atoms with Crippen molar-refractivity contribution in [1.82, 2.24) is 15.5 Å². The van der Waals surface area contributed by atoms with Gasteiger partial charge in [-0.1, -0.05) is 20.3 Å². The van der Waals surface area contributed by atoms with Gasteiger partial charge in [-0.2, -0.15) is 0 Å². The lowest BCUT2D eigenvalue weighted by Crippen LogP contribution is -2.59. The van der Waals surface area contributed by atoms with Crippen LogP contribution >= 0.6 is 0 Å². The van der Waals surface area contributed by atoms with Gasteiger partial charge in [0.15, 0.2) is 0 Å². The van der Waals surface area contributed by atoms with Crippen molar-refractivity contribution in [3.8, 4) is 0 Å². The Hall–Kier alpha value is -3.22. The van der Waals surface area contributed by atoms with E-state index in [4.69, 9.17) is 16.6 Å². The Kier molecular flexibility index (Phi) is 10.7. The van der Waals surface area contributed by atoms with Crippen LogP contribution in [0.4, 0.5) is 0 Å². The average Bonchev–Trinajstić information content (AvgIpc) is 3.24. The summed E-state index contributed by atoms with van der Waals surface area (Å²) in [5.41, 5.74) is 10.7. The molecule has 0 aromatic rings. The number of likely N-dealkylation sites (tertiary alicyclic amines) is 1. The first-order valence-electron chi connectivity index (χ1n) is 10.8. The van der Waals surface area contributed by atoms with Crippen LogP contribution in [0.5, 0.6) is 0 Å². The Morgan fingerprint density at radius 1 is 1.09 bits per heavy atom. The number of primary amides is 1. The molecule has 5 unspecified atom stereocenters. The zero-order valence-corrected chi connectivity index (χ0v) is 18.8. The molecule has 1 aliphatic rings. The van der Waals surface area contributed by atoms with Crippen molar-refractivity contribution in [2.45, 2.75) is 76.5 Å². The van der Waals surface area contributed by atoms with Crippen molar-refractivity contribution in [1.29, 1.82) is 0 Å². The normalized spacial score (nSPS) is 19.1. The molecule has 1 fully saturated rings. The van der Waals surface area contributed by atoms with E-state index < -0.39 is 72.1 Å². The van der Waals surface area contributed by atoms with Crippen LogP contribution in [0, 0.1) is 5.92 Å². The SMILES string of the molecule is CCC(C)C(NC(=O)C(CC(=O)O)NC(=O)C(N)CCC(N)=O)C(=O)N1CCCC1C(=O)O. The van der Waals surface area contributed by atoms with Crippen LogP contribution in [0.25, 0.3) is 0 Å². The molecule has 186 valence electrons. The fraction of sp³-hybridized carbons (Fsp3) is 0.700. The zero-order chi connectivity index (χ0) is 25.3. The number of nitrogens with one attached hydrogen (secondary N) is 2. The van der Waals surface area contributed by atoms with Crippen molar-refractivity contribution in [2.75, 3.05) is 6.54 Å². The summed E-state index contributed by atoms with van der Waals surface area (Å²) < 4.78 is 0. The predicted octanol–water partition coefficient (Wildman–Crippen LogP) is -1.85. The second-order valence-corrected chi connectivity index (χ2v) is 8.17. The van der Waals surface area contributed by atoms with Gasteiger partial charge < -0.3 is 37.2 Å². The first-order chi connectivity index (χ1) is 15.4. The van der Waals surface area contributed by atoms with Gasteiger partial charge >= 0.3 is 11.9 Å². The molecular weight excluding hydrogens is 438 g/mol. The van der Waals surface area contributed by atoms with Crippen molar-refractivity contribution < 1.29 is 39.0 Å². The van der Waals surface area contributed by atoms with E-state index in [1.54, 1.807) is 13.8 Å². The minimum atomic E-state index is -1.54. The molecule has 13 heteroatoms. The van der Waals surface area contributed by atoms with Gasteiger partial charge in [-0.05, 0) is 25.2 Å². The highest BCUT2D eigenvalue weighted by atomic mass is 16.4. The highest BCUT2D eigenvalue weighted by Gasteiger charge is 2.40. The van der Waals surface area contributed by atoms with E-state index in [1.165, 1.54) is 4.90 Å². The molecule has 0 aliphatic carbocycles. The summed E-state index contributed by atoms with van der Waals surface area (Å²) in [6.07, 6.45) is 0.227. The summed E-state index contributed by atoms with van der Waals surface area (Å²) in [7, 11) is 0. The molecule has 0 saturated carbocycles. The fourth-order valence-corrected chi connectivity index (χ4v) is 3.49. The minimum Gasteiger partial charge on any atom is -0.481 e. The Morgan fingerprint density at radius 2 is 1.73 bits per heavy atom. The van der Waals surface area contributed by atoms with Gasteiger partial charge in [0, 0.05) is 13.0 Å². The van der Waals surface area contributed by atoms with E-state index in [-0.39, 0.29) is 19.4 Å². The third-order valence-corrected chi connectivity index (χ3v) is 5.65. The molecule has 0 aromatic carbocycles. The van der Waals surface area contributed by atoms with Crippen LogP contribution in [0.3, 0.4) is 0 Å². The molecule has 33 heavy (non-hydrogen) atoms. The molecule has 0 spiro atoms. The molecule has 0 bridgehead atoms. The third-order valence-electron chi connectivity index (χ3n) is 5.65. The summed E-state index contributed by atoms with van der Waals surface area (Å²) in [5.74, 6) is -5.94. The molecule has 1 heterocycles. The highest BCUT2D eigenvalue weighted by molar-refractivity contribution is 5.96. The molecule has 0 aromatic heterocycles. The molecule has 0 radical (unpaired) electrons. The molecular formula is C20H33N5O8. The lowest BCUT2D eigenvalue weighted by Gasteiger charge is -2.31. The van der Waals surface area contributed by atoms with E-state index in [0.717, 1.165) is 0 Å². The van der Waals surface area contributed by atoms with Crippen molar-refractivity contribution >= 4 is 35.6 Å². The third kappa shape index (κ3) is 8.33. The van der Waals surface area contributed by atoms with E-state index in [9.17, 15) is 33.9 Å². The molecule has 1 saturated heterocycles. The predicted molar refractivity (Wildman–Crippen MR) is 114 cm³/mol. The Labute approximate surface area is 191 Å². The maximum Gasteiger partial charge on any atom is 0.326 e. The highest BCUT2D eigenvalue weighted by Crippen LogP contribution is 2.21. The van der Waals surface area contributed by atoms with Crippen LogP contribution in [0.2, 0.25) is 0 Å². The molecule has 8 N–H and O–H groups in total. The van der Waals surface area contributed by atoms with Gasteiger partial charge in [-0.25, -0.2) is 4.79 Å². The average molecular weight is 472 g/mol.